The van der Waals surface area contributed by atoms with Crippen LogP contribution in [-0.4, -0.2) is 85.0 Å². The highest BCUT2D eigenvalue weighted by Crippen LogP contribution is 2.31. The smallest absolute Gasteiger partial charge is 0.272 e. The molecule has 8 heteroatoms. The average Bonchev–Trinajstić information content (AvgIpc) is 3.07. The van der Waals surface area contributed by atoms with Gasteiger partial charge in [0.15, 0.2) is 5.79 Å². The third kappa shape index (κ3) is 4.65. The second-order valence-corrected chi connectivity index (χ2v) is 6.75. The summed E-state index contributed by atoms with van der Waals surface area (Å²) < 4.78 is 11.4. The van der Waals surface area contributed by atoms with Gasteiger partial charge in [-0.05, 0) is 33.1 Å². The van der Waals surface area contributed by atoms with Gasteiger partial charge in [0.25, 0.3) is 5.91 Å². The van der Waals surface area contributed by atoms with Crippen molar-refractivity contribution in [3.05, 3.63) is 18.0 Å². The molecule has 1 spiro atoms. The Balaban J connectivity index is 1.53. The first-order valence-corrected chi connectivity index (χ1v) is 8.87. The Kier molecular flexibility index (Phi) is 5.82. The summed E-state index contributed by atoms with van der Waals surface area (Å²) in [5, 5.41) is 3.18. The fourth-order valence-corrected chi connectivity index (χ4v) is 3.16. The number of ether oxygens (including phenoxy) is 2. The molecule has 25 heavy (non-hydrogen) atoms. The van der Waals surface area contributed by atoms with Crippen molar-refractivity contribution in [2.45, 2.75) is 25.0 Å². The number of likely N-dealkylation sites (tertiary alicyclic amines) is 1. The molecule has 1 N–H and O–H groups in total. The summed E-state index contributed by atoms with van der Waals surface area (Å²) in [6.07, 6.45) is 4.03. The molecule has 2 saturated heterocycles. The molecule has 2 fully saturated rings. The van der Waals surface area contributed by atoms with Crippen LogP contribution in [0.4, 0.5) is 5.95 Å². The first-order chi connectivity index (χ1) is 12.1. The van der Waals surface area contributed by atoms with E-state index < -0.39 is 5.79 Å². The number of carbonyl (C=O) groups is 1. The second kappa shape index (κ2) is 8.07. The van der Waals surface area contributed by atoms with Gasteiger partial charge in [-0.15, -0.1) is 0 Å². The van der Waals surface area contributed by atoms with E-state index in [4.69, 9.17) is 9.47 Å². The van der Waals surface area contributed by atoms with Gasteiger partial charge in [0.2, 0.25) is 5.95 Å². The van der Waals surface area contributed by atoms with Gasteiger partial charge in [-0.2, -0.15) is 0 Å². The predicted octanol–water partition coefficient (Wildman–Crippen LogP) is 0.819. The van der Waals surface area contributed by atoms with E-state index >= 15 is 0 Å². The first-order valence-electron chi connectivity index (χ1n) is 8.87. The number of rotatable bonds is 6. The van der Waals surface area contributed by atoms with Gasteiger partial charge >= 0.3 is 0 Å². The molecule has 8 nitrogen and oxygen atoms in total. The molecule has 1 amide bonds. The Morgan fingerprint density at radius 2 is 2.04 bits per heavy atom. The van der Waals surface area contributed by atoms with Crippen LogP contribution in [0.1, 0.15) is 29.8 Å². The number of anilines is 1. The van der Waals surface area contributed by atoms with Gasteiger partial charge in [0, 0.05) is 38.7 Å². The standard InChI is InChI=1S/C17H27N5O3/c1-21(2)9-3-7-18-16-19-8-4-14(20-16)15(23)22-10-5-17(6-11-22)24-12-13-25-17/h4,8H,3,5-7,9-13H2,1-2H3,(H,18,19,20). The van der Waals surface area contributed by atoms with E-state index in [0.717, 1.165) is 19.5 Å². The van der Waals surface area contributed by atoms with Crippen molar-refractivity contribution in [1.29, 1.82) is 0 Å². The number of hydrogen-bond donors (Lipinski definition) is 1. The summed E-state index contributed by atoms with van der Waals surface area (Å²) in [6.45, 7) is 4.29. The average molecular weight is 349 g/mol. The largest absolute Gasteiger partial charge is 0.354 e. The van der Waals surface area contributed by atoms with Gasteiger partial charge in [-0.1, -0.05) is 0 Å². The summed E-state index contributed by atoms with van der Waals surface area (Å²) in [7, 11) is 4.08. The molecule has 0 radical (unpaired) electrons. The Labute approximate surface area is 148 Å². The van der Waals surface area contributed by atoms with Gasteiger partial charge in [-0.25, -0.2) is 9.97 Å². The van der Waals surface area contributed by atoms with Gasteiger partial charge in [0.1, 0.15) is 5.69 Å². The molecule has 0 aromatic carbocycles. The maximum atomic E-state index is 12.7. The van der Waals surface area contributed by atoms with Crippen LogP contribution in [0.25, 0.3) is 0 Å². The molecular weight excluding hydrogens is 322 g/mol. The van der Waals surface area contributed by atoms with Crippen LogP contribution in [-0.2, 0) is 9.47 Å². The van der Waals surface area contributed by atoms with Gasteiger partial charge in [-0.3, -0.25) is 4.79 Å². The Morgan fingerprint density at radius 3 is 2.72 bits per heavy atom. The lowest BCUT2D eigenvalue weighted by atomic mass is 10.0. The molecule has 138 valence electrons. The highest BCUT2D eigenvalue weighted by atomic mass is 16.7. The number of aromatic nitrogens is 2. The summed E-state index contributed by atoms with van der Waals surface area (Å²) in [5.41, 5.74) is 0.425. The first kappa shape index (κ1) is 18.0. The van der Waals surface area contributed by atoms with Crippen molar-refractivity contribution in [2.24, 2.45) is 0 Å². The second-order valence-electron chi connectivity index (χ2n) is 6.75. The van der Waals surface area contributed by atoms with Crippen LogP contribution in [0.3, 0.4) is 0 Å². The molecule has 0 unspecified atom stereocenters. The molecule has 0 atom stereocenters. The molecule has 3 rings (SSSR count). The number of carbonyl (C=O) groups excluding carboxylic acids is 1. The Hall–Kier alpha value is -1.77. The molecule has 0 saturated carbocycles. The van der Waals surface area contributed by atoms with Gasteiger partial charge in [0.05, 0.1) is 13.2 Å². The fourth-order valence-electron chi connectivity index (χ4n) is 3.16. The quantitative estimate of drug-likeness (QED) is 0.762. The lowest BCUT2D eigenvalue weighted by Gasteiger charge is -2.37. The van der Waals surface area contributed by atoms with E-state index in [9.17, 15) is 4.79 Å². The van der Waals surface area contributed by atoms with Crippen LogP contribution in [0.15, 0.2) is 12.3 Å². The minimum atomic E-state index is -0.471. The van der Waals surface area contributed by atoms with E-state index in [1.807, 2.05) is 19.0 Å². The zero-order chi connectivity index (χ0) is 17.7. The molecule has 3 heterocycles. The number of nitrogens with one attached hydrogen (secondary N) is 1. The fraction of sp³-hybridized carbons (Fsp3) is 0.706. The van der Waals surface area contributed by atoms with E-state index in [0.29, 0.717) is 50.8 Å². The minimum Gasteiger partial charge on any atom is -0.354 e. The topological polar surface area (TPSA) is 79.8 Å². The van der Waals surface area contributed by atoms with Crippen molar-refractivity contribution < 1.29 is 14.3 Å². The molecule has 2 aliphatic heterocycles. The molecule has 0 bridgehead atoms. The minimum absolute atomic E-state index is 0.0633. The van der Waals surface area contributed by atoms with Crippen LogP contribution >= 0.6 is 0 Å². The zero-order valence-corrected chi connectivity index (χ0v) is 15.0. The number of piperidine rings is 1. The van der Waals surface area contributed by atoms with E-state index in [1.165, 1.54) is 0 Å². The highest BCUT2D eigenvalue weighted by molar-refractivity contribution is 5.92. The van der Waals surface area contributed by atoms with E-state index in [-0.39, 0.29) is 5.91 Å². The number of hydrogen-bond acceptors (Lipinski definition) is 7. The van der Waals surface area contributed by atoms with Gasteiger partial charge < -0.3 is 24.6 Å². The van der Waals surface area contributed by atoms with Crippen LogP contribution in [0.5, 0.6) is 0 Å². The van der Waals surface area contributed by atoms with Crippen molar-refractivity contribution in [3.8, 4) is 0 Å². The van der Waals surface area contributed by atoms with Crippen LogP contribution in [0.2, 0.25) is 0 Å². The molecule has 1 aromatic heterocycles. The number of nitrogens with zero attached hydrogens (tertiary/aromatic N) is 4. The van der Waals surface area contributed by atoms with E-state index in [1.54, 1.807) is 12.3 Å². The lowest BCUT2D eigenvalue weighted by molar-refractivity contribution is -0.181. The van der Waals surface area contributed by atoms with Crippen LogP contribution in [0, 0.1) is 0 Å². The molecule has 1 aromatic rings. The van der Waals surface area contributed by atoms with Crippen molar-refractivity contribution in [1.82, 2.24) is 19.8 Å². The molecule has 0 aliphatic carbocycles. The Morgan fingerprint density at radius 1 is 1.32 bits per heavy atom. The monoisotopic (exact) mass is 349 g/mol. The third-order valence-corrected chi connectivity index (χ3v) is 4.57. The SMILES string of the molecule is CN(C)CCCNc1nccc(C(=O)N2CCC3(CC2)OCCO3)n1. The molecular formula is C17H27N5O3. The summed E-state index contributed by atoms with van der Waals surface area (Å²) >= 11 is 0. The maximum Gasteiger partial charge on any atom is 0.272 e. The summed E-state index contributed by atoms with van der Waals surface area (Å²) in [4.78, 5) is 25.2. The molecule has 2 aliphatic rings. The zero-order valence-electron chi connectivity index (χ0n) is 15.0. The van der Waals surface area contributed by atoms with Crippen molar-refractivity contribution in [3.63, 3.8) is 0 Å². The summed E-state index contributed by atoms with van der Waals surface area (Å²) in [5.74, 6) is -0.0335. The maximum absolute atomic E-state index is 12.7. The summed E-state index contributed by atoms with van der Waals surface area (Å²) in [6, 6.07) is 1.67. The van der Waals surface area contributed by atoms with Crippen LogP contribution < -0.4 is 5.32 Å². The highest BCUT2D eigenvalue weighted by Gasteiger charge is 2.41. The van der Waals surface area contributed by atoms with Crippen molar-refractivity contribution in [2.75, 3.05) is 58.8 Å². The Bertz CT molecular complexity index is 579. The lowest BCUT2D eigenvalue weighted by Crippen LogP contribution is -2.47. The number of amides is 1. The van der Waals surface area contributed by atoms with E-state index in [2.05, 4.69) is 20.2 Å². The predicted molar refractivity (Wildman–Crippen MR) is 93.5 cm³/mol. The normalized spacial score (nSPS) is 19.6. The third-order valence-electron chi connectivity index (χ3n) is 4.57. The van der Waals surface area contributed by atoms with Crippen molar-refractivity contribution >= 4 is 11.9 Å².